The summed E-state index contributed by atoms with van der Waals surface area (Å²) in [6.07, 6.45) is -5.37. The molecule has 0 bridgehead atoms. The number of halogens is 3. The van der Waals surface area contributed by atoms with Crippen molar-refractivity contribution in [2.24, 2.45) is 0 Å². The van der Waals surface area contributed by atoms with Crippen LogP contribution in [0.15, 0.2) is 18.2 Å². The van der Waals surface area contributed by atoms with E-state index in [0.29, 0.717) is 0 Å². The number of amides is 1. The van der Waals surface area contributed by atoms with Crippen LogP contribution in [0.3, 0.4) is 0 Å². The van der Waals surface area contributed by atoms with Crippen LogP contribution in [-0.4, -0.2) is 12.7 Å². The van der Waals surface area contributed by atoms with Crippen molar-refractivity contribution in [3.8, 4) is 0 Å². The maximum Gasteiger partial charge on any atom is 0.418 e. The summed E-state index contributed by atoms with van der Waals surface area (Å²) < 4.78 is 42.0. The molecule has 3 N–H and O–H groups in total. The molecule has 94 valence electrons. The number of hydrogen-bond acceptors (Lipinski definition) is 3. The summed E-state index contributed by atoms with van der Waals surface area (Å²) in [5, 5.41) is 2.17. The molecule has 0 fully saturated rings. The van der Waals surface area contributed by atoms with Crippen LogP contribution >= 0.6 is 0 Å². The van der Waals surface area contributed by atoms with E-state index in [9.17, 15) is 18.0 Å². The monoisotopic (exact) mass is 248 g/mol. The second kappa shape index (κ2) is 4.94. The molecule has 0 radical (unpaired) electrons. The highest BCUT2D eigenvalue weighted by molar-refractivity contribution is 5.85. The van der Waals surface area contributed by atoms with Gasteiger partial charge in [-0.2, -0.15) is 13.2 Å². The van der Waals surface area contributed by atoms with Gasteiger partial charge >= 0.3 is 12.3 Å². The van der Waals surface area contributed by atoms with E-state index < -0.39 is 23.5 Å². The maximum absolute atomic E-state index is 12.5. The van der Waals surface area contributed by atoms with Crippen LogP contribution in [0.1, 0.15) is 12.5 Å². The lowest BCUT2D eigenvalue weighted by Gasteiger charge is -2.12. The number of anilines is 2. The van der Waals surface area contributed by atoms with Gasteiger partial charge in [0.1, 0.15) is 0 Å². The maximum atomic E-state index is 12.5. The molecule has 0 aliphatic heterocycles. The molecule has 0 unspecified atom stereocenters. The minimum absolute atomic E-state index is 0.0232. The molecule has 1 rings (SSSR count). The molecule has 4 nitrogen and oxygen atoms in total. The minimum Gasteiger partial charge on any atom is -0.450 e. The Morgan fingerprint density at radius 2 is 2.12 bits per heavy atom. The van der Waals surface area contributed by atoms with Gasteiger partial charge < -0.3 is 10.5 Å². The fourth-order valence-corrected chi connectivity index (χ4v) is 1.16. The molecular formula is C10H11F3N2O2. The number of alkyl halides is 3. The van der Waals surface area contributed by atoms with E-state index in [1.54, 1.807) is 6.92 Å². The summed E-state index contributed by atoms with van der Waals surface area (Å²) in [6.45, 7) is 1.72. The minimum atomic E-state index is -4.56. The highest BCUT2D eigenvalue weighted by Crippen LogP contribution is 2.35. The topological polar surface area (TPSA) is 64.3 Å². The number of hydrogen-bond donors (Lipinski definition) is 2. The molecule has 0 spiro atoms. The van der Waals surface area contributed by atoms with Gasteiger partial charge in [0.2, 0.25) is 0 Å². The second-order valence-electron chi connectivity index (χ2n) is 3.15. The van der Waals surface area contributed by atoms with Crippen LogP contribution in [0.25, 0.3) is 0 Å². The van der Waals surface area contributed by atoms with Gasteiger partial charge in [0, 0.05) is 11.4 Å². The van der Waals surface area contributed by atoms with Gasteiger partial charge in [-0.1, -0.05) is 0 Å². The Kier molecular flexibility index (Phi) is 3.82. The van der Waals surface area contributed by atoms with Crippen LogP contribution < -0.4 is 11.1 Å². The normalized spacial score (nSPS) is 11.1. The average Bonchev–Trinajstić information content (AvgIpc) is 2.19. The second-order valence-corrected chi connectivity index (χ2v) is 3.15. The summed E-state index contributed by atoms with van der Waals surface area (Å²) >= 11 is 0. The van der Waals surface area contributed by atoms with Gasteiger partial charge in [-0.25, -0.2) is 4.79 Å². The number of nitrogens with one attached hydrogen (secondary N) is 1. The molecule has 0 heterocycles. The number of nitrogens with two attached hydrogens (primary N) is 1. The first-order valence-electron chi connectivity index (χ1n) is 4.75. The van der Waals surface area contributed by atoms with Crippen LogP contribution in [0.4, 0.5) is 29.3 Å². The first kappa shape index (κ1) is 13.1. The Labute approximate surface area is 95.6 Å². The zero-order chi connectivity index (χ0) is 13.1. The van der Waals surface area contributed by atoms with Crippen molar-refractivity contribution in [1.29, 1.82) is 0 Å². The number of ether oxygens (including phenoxy) is 1. The SMILES string of the molecule is CCOC(=O)Nc1ccc(N)c(C(F)(F)F)c1. The van der Waals surface area contributed by atoms with Crippen molar-refractivity contribution in [3.05, 3.63) is 23.8 Å². The lowest BCUT2D eigenvalue weighted by Crippen LogP contribution is -2.15. The smallest absolute Gasteiger partial charge is 0.418 e. The zero-order valence-corrected chi connectivity index (χ0v) is 8.97. The highest BCUT2D eigenvalue weighted by Gasteiger charge is 2.33. The largest absolute Gasteiger partial charge is 0.450 e. The van der Waals surface area contributed by atoms with E-state index in [-0.39, 0.29) is 12.3 Å². The van der Waals surface area contributed by atoms with Crippen LogP contribution in [0.5, 0.6) is 0 Å². The zero-order valence-electron chi connectivity index (χ0n) is 8.97. The summed E-state index contributed by atoms with van der Waals surface area (Å²) in [6, 6.07) is 3.10. The van der Waals surface area contributed by atoms with Gasteiger partial charge in [0.25, 0.3) is 0 Å². The van der Waals surface area contributed by atoms with Crippen molar-refractivity contribution in [1.82, 2.24) is 0 Å². The van der Waals surface area contributed by atoms with Crippen LogP contribution in [0, 0.1) is 0 Å². The number of carbonyl (C=O) groups excluding carboxylic acids is 1. The molecule has 0 aliphatic rings. The molecule has 0 aliphatic carbocycles. The van der Waals surface area contributed by atoms with Gasteiger partial charge in [0.05, 0.1) is 12.2 Å². The molecule has 17 heavy (non-hydrogen) atoms. The Bertz CT molecular complexity index is 419. The standard InChI is InChI=1S/C10H11F3N2O2/c1-2-17-9(16)15-6-3-4-8(14)7(5-6)10(11,12)13/h3-5H,2,14H2,1H3,(H,15,16). The van der Waals surface area contributed by atoms with Gasteiger partial charge in [-0.3, -0.25) is 5.32 Å². The molecule has 0 saturated carbocycles. The van der Waals surface area contributed by atoms with E-state index in [1.165, 1.54) is 6.07 Å². The highest BCUT2D eigenvalue weighted by atomic mass is 19.4. The first-order chi connectivity index (χ1) is 7.84. The molecule has 1 aromatic rings. The van der Waals surface area contributed by atoms with Crippen LogP contribution in [0.2, 0.25) is 0 Å². The third kappa shape index (κ3) is 3.54. The van der Waals surface area contributed by atoms with E-state index >= 15 is 0 Å². The fraction of sp³-hybridized carbons (Fsp3) is 0.300. The van der Waals surface area contributed by atoms with Gasteiger partial charge in [-0.15, -0.1) is 0 Å². The van der Waals surface area contributed by atoms with Gasteiger partial charge in [-0.05, 0) is 25.1 Å². The Hall–Kier alpha value is -1.92. The molecule has 0 saturated heterocycles. The Morgan fingerprint density at radius 1 is 1.47 bits per heavy atom. The Balaban J connectivity index is 2.93. The van der Waals surface area contributed by atoms with Crippen molar-refractivity contribution >= 4 is 17.5 Å². The number of carbonyl (C=O) groups is 1. The van der Waals surface area contributed by atoms with E-state index in [0.717, 1.165) is 12.1 Å². The molecule has 0 aromatic heterocycles. The fourth-order valence-electron chi connectivity index (χ4n) is 1.16. The van der Waals surface area contributed by atoms with Crippen molar-refractivity contribution in [2.75, 3.05) is 17.7 Å². The van der Waals surface area contributed by atoms with Crippen molar-refractivity contribution < 1.29 is 22.7 Å². The third-order valence-electron chi connectivity index (χ3n) is 1.88. The predicted octanol–water partition coefficient (Wildman–Crippen LogP) is 2.86. The van der Waals surface area contributed by atoms with E-state index in [2.05, 4.69) is 10.1 Å². The number of benzene rings is 1. The quantitative estimate of drug-likeness (QED) is 0.791. The average molecular weight is 248 g/mol. The molecule has 0 atom stereocenters. The summed E-state index contributed by atoms with van der Waals surface area (Å²) in [5.41, 5.74) is 3.79. The van der Waals surface area contributed by atoms with Crippen LogP contribution in [-0.2, 0) is 10.9 Å². The molecular weight excluding hydrogens is 237 g/mol. The number of nitrogen functional groups attached to an aromatic ring is 1. The van der Waals surface area contributed by atoms with Crippen molar-refractivity contribution in [2.45, 2.75) is 13.1 Å². The Morgan fingerprint density at radius 3 is 2.65 bits per heavy atom. The lowest BCUT2D eigenvalue weighted by molar-refractivity contribution is -0.136. The summed E-state index contributed by atoms with van der Waals surface area (Å²) in [5.74, 6) is 0. The summed E-state index contributed by atoms with van der Waals surface area (Å²) in [7, 11) is 0. The molecule has 7 heteroatoms. The summed E-state index contributed by atoms with van der Waals surface area (Å²) in [4.78, 5) is 11.0. The van der Waals surface area contributed by atoms with E-state index in [4.69, 9.17) is 5.73 Å². The predicted molar refractivity (Wildman–Crippen MR) is 56.5 cm³/mol. The molecule has 1 amide bonds. The lowest BCUT2D eigenvalue weighted by atomic mass is 10.1. The number of rotatable bonds is 2. The van der Waals surface area contributed by atoms with E-state index in [1.807, 2.05) is 0 Å². The first-order valence-corrected chi connectivity index (χ1v) is 4.75. The van der Waals surface area contributed by atoms with Gasteiger partial charge in [0.15, 0.2) is 0 Å². The third-order valence-corrected chi connectivity index (χ3v) is 1.88. The van der Waals surface area contributed by atoms with Crippen molar-refractivity contribution in [3.63, 3.8) is 0 Å². The molecule has 1 aromatic carbocycles.